The molecule has 4 rings (SSSR count). The van der Waals surface area contributed by atoms with Crippen molar-refractivity contribution in [2.24, 2.45) is 0 Å². The van der Waals surface area contributed by atoms with E-state index in [-0.39, 0.29) is 18.5 Å². The molecule has 1 aliphatic rings. The van der Waals surface area contributed by atoms with E-state index in [0.29, 0.717) is 42.3 Å². The minimum absolute atomic E-state index is 0.0170. The highest BCUT2D eigenvalue weighted by atomic mass is 35.5. The maximum Gasteiger partial charge on any atom is 0.573 e. The van der Waals surface area contributed by atoms with Crippen molar-refractivity contribution >= 4 is 40.4 Å². The third-order valence-electron chi connectivity index (χ3n) is 6.29. The van der Waals surface area contributed by atoms with Crippen LogP contribution in [0.15, 0.2) is 46.3 Å². The molecular weight excluding hydrogens is 581 g/mol. The number of benzene rings is 2. The van der Waals surface area contributed by atoms with Crippen LogP contribution in [0.3, 0.4) is 0 Å². The predicted molar refractivity (Wildman–Crippen MR) is 153 cm³/mol. The van der Waals surface area contributed by atoms with Gasteiger partial charge in [-0.3, -0.25) is 14.3 Å². The molecule has 2 heterocycles. The van der Waals surface area contributed by atoms with E-state index in [4.69, 9.17) is 16.3 Å². The molecule has 1 fully saturated rings. The van der Waals surface area contributed by atoms with Crippen molar-refractivity contribution in [2.75, 3.05) is 31.9 Å². The molecule has 0 saturated carbocycles. The maximum absolute atomic E-state index is 13.6. The number of hydrogen-bond donors (Lipinski definition) is 0. The van der Waals surface area contributed by atoms with Crippen LogP contribution in [0, 0.1) is 0 Å². The van der Waals surface area contributed by atoms with Gasteiger partial charge in [0.15, 0.2) is 0 Å². The fourth-order valence-electron chi connectivity index (χ4n) is 4.55. The van der Waals surface area contributed by atoms with E-state index < -0.39 is 29.4 Å². The first-order valence-corrected chi connectivity index (χ1v) is 14.5. The number of carbonyl (C=O) groups is 1. The van der Waals surface area contributed by atoms with Gasteiger partial charge in [-0.1, -0.05) is 18.5 Å². The van der Waals surface area contributed by atoms with Crippen molar-refractivity contribution in [1.29, 1.82) is 0 Å². The van der Waals surface area contributed by atoms with Crippen molar-refractivity contribution in [3.63, 3.8) is 0 Å². The maximum atomic E-state index is 13.6. The molecule has 0 spiro atoms. The number of rotatable bonds is 7. The van der Waals surface area contributed by atoms with Crippen molar-refractivity contribution in [3.05, 3.63) is 63.2 Å². The number of amides is 1. The van der Waals surface area contributed by atoms with E-state index in [9.17, 15) is 22.8 Å². The highest BCUT2D eigenvalue weighted by Crippen LogP contribution is 2.30. The summed E-state index contributed by atoms with van der Waals surface area (Å²) in [4.78, 5) is 35.0. The van der Waals surface area contributed by atoms with Gasteiger partial charge in [-0.25, -0.2) is 9.78 Å². The molecule has 1 aliphatic heterocycles. The number of alkyl halides is 3. The van der Waals surface area contributed by atoms with Crippen molar-refractivity contribution in [2.45, 2.75) is 57.6 Å². The highest BCUT2D eigenvalue weighted by Gasteiger charge is 2.32. The largest absolute Gasteiger partial charge is 0.573 e. The number of aromatic nitrogens is 2. The fourth-order valence-corrected chi connectivity index (χ4v) is 5.53. The van der Waals surface area contributed by atoms with Gasteiger partial charge in [0.1, 0.15) is 11.4 Å². The van der Waals surface area contributed by atoms with E-state index in [1.807, 2.05) is 17.9 Å². The number of hydrogen-bond acceptors (Lipinski definition) is 7. The molecule has 0 radical (unpaired) electrons. The zero-order chi connectivity index (χ0) is 29.9. The van der Waals surface area contributed by atoms with Gasteiger partial charge >= 0.3 is 12.5 Å². The summed E-state index contributed by atoms with van der Waals surface area (Å²) in [6, 6.07) is 7.76. The molecule has 13 heteroatoms. The molecule has 222 valence electrons. The summed E-state index contributed by atoms with van der Waals surface area (Å²) in [6.45, 7) is 9.47. The van der Waals surface area contributed by atoms with Crippen LogP contribution in [0.2, 0.25) is 5.02 Å². The Morgan fingerprint density at radius 3 is 2.39 bits per heavy atom. The van der Waals surface area contributed by atoms with Gasteiger partial charge in [0, 0.05) is 42.6 Å². The van der Waals surface area contributed by atoms with Gasteiger partial charge in [0.25, 0.3) is 5.56 Å². The van der Waals surface area contributed by atoms with E-state index in [1.165, 1.54) is 17.0 Å². The minimum Gasteiger partial charge on any atom is -0.444 e. The number of piperazine rings is 1. The first-order valence-electron chi connectivity index (χ1n) is 13.1. The van der Waals surface area contributed by atoms with Crippen LogP contribution >= 0.6 is 23.4 Å². The number of ether oxygens (including phenoxy) is 2. The lowest BCUT2D eigenvalue weighted by molar-refractivity contribution is -0.274. The predicted octanol–water partition coefficient (Wildman–Crippen LogP) is 6.16. The highest BCUT2D eigenvalue weighted by molar-refractivity contribution is 7.99. The number of carbonyl (C=O) groups excluding carboxylic acids is 1. The van der Waals surface area contributed by atoms with Gasteiger partial charge in [-0.2, -0.15) is 0 Å². The molecule has 0 unspecified atom stereocenters. The van der Waals surface area contributed by atoms with Crippen LogP contribution in [-0.2, 0) is 17.8 Å². The van der Waals surface area contributed by atoms with Crippen LogP contribution in [0.25, 0.3) is 10.9 Å². The van der Waals surface area contributed by atoms with E-state index >= 15 is 0 Å². The second kappa shape index (κ2) is 12.5. The molecular formula is C28H32ClF3N4O4S. The van der Waals surface area contributed by atoms with Gasteiger partial charge in [0.2, 0.25) is 0 Å². The molecule has 8 nitrogen and oxygen atoms in total. The lowest BCUT2D eigenvalue weighted by Crippen LogP contribution is -2.49. The van der Waals surface area contributed by atoms with Crippen LogP contribution in [-0.4, -0.2) is 69.3 Å². The molecule has 2 aromatic carbocycles. The van der Waals surface area contributed by atoms with Gasteiger partial charge in [-0.05, 0) is 68.0 Å². The van der Waals surface area contributed by atoms with Gasteiger partial charge < -0.3 is 14.4 Å². The van der Waals surface area contributed by atoms with Crippen molar-refractivity contribution in [1.82, 2.24) is 19.4 Å². The lowest BCUT2D eigenvalue weighted by atomic mass is 10.1. The Bertz CT molecular complexity index is 1470. The Hall–Kier alpha value is -2.96. The molecule has 0 N–H and O–H groups in total. The Morgan fingerprint density at radius 2 is 1.76 bits per heavy atom. The molecule has 0 aliphatic carbocycles. The lowest BCUT2D eigenvalue weighted by Gasteiger charge is -2.35. The summed E-state index contributed by atoms with van der Waals surface area (Å²) in [7, 11) is 0. The van der Waals surface area contributed by atoms with Crippen molar-refractivity contribution in [3.8, 4) is 5.75 Å². The summed E-state index contributed by atoms with van der Waals surface area (Å²) in [6.07, 6.45) is -3.94. The zero-order valence-electron chi connectivity index (χ0n) is 23.3. The van der Waals surface area contributed by atoms with E-state index in [0.717, 1.165) is 22.3 Å². The molecule has 0 bridgehead atoms. The van der Waals surface area contributed by atoms with E-state index in [2.05, 4.69) is 9.72 Å². The quantitative estimate of drug-likeness (QED) is 0.296. The number of fused-ring (bicyclic) bond motifs is 1. The Kier molecular flexibility index (Phi) is 9.45. The Balaban J connectivity index is 1.63. The zero-order valence-corrected chi connectivity index (χ0v) is 24.8. The number of halogens is 4. The van der Waals surface area contributed by atoms with Crippen LogP contribution in [0.5, 0.6) is 5.75 Å². The molecule has 1 saturated heterocycles. The SMILES string of the molecule is CCSc1ccc(Cl)cc1Cn1cnc2c(CN3CCN(C(=O)OC(C)(C)C)CC3)cc(OC(F)(F)F)cc2c1=O. The Morgan fingerprint density at radius 1 is 1.05 bits per heavy atom. The van der Waals surface area contributed by atoms with Crippen LogP contribution in [0.1, 0.15) is 38.8 Å². The first kappa shape index (κ1) is 31.0. The summed E-state index contributed by atoms with van der Waals surface area (Å²) in [5, 5.41) is 0.528. The first-order chi connectivity index (χ1) is 19.2. The van der Waals surface area contributed by atoms with Crippen LogP contribution < -0.4 is 10.3 Å². The Labute approximate surface area is 245 Å². The molecule has 0 atom stereocenters. The average molecular weight is 613 g/mol. The third-order valence-corrected chi connectivity index (χ3v) is 7.53. The van der Waals surface area contributed by atoms with Gasteiger partial charge in [-0.15, -0.1) is 24.9 Å². The topological polar surface area (TPSA) is 76.9 Å². The van der Waals surface area contributed by atoms with E-state index in [1.54, 1.807) is 49.6 Å². The summed E-state index contributed by atoms with van der Waals surface area (Å²) in [5.74, 6) is 0.321. The van der Waals surface area contributed by atoms with Gasteiger partial charge in [0.05, 0.1) is 23.8 Å². The normalized spacial score (nSPS) is 14.9. The fraction of sp³-hybridized carbons (Fsp3) is 0.464. The van der Waals surface area contributed by atoms with Crippen LogP contribution in [0.4, 0.5) is 18.0 Å². The summed E-state index contributed by atoms with van der Waals surface area (Å²) < 4.78 is 50.6. The molecule has 1 aromatic heterocycles. The average Bonchev–Trinajstić information content (AvgIpc) is 2.86. The molecule has 41 heavy (non-hydrogen) atoms. The number of thioether (sulfide) groups is 1. The second-order valence-electron chi connectivity index (χ2n) is 10.6. The smallest absolute Gasteiger partial charge is 0.444 e. The summed E-state index contributed by atoms with van der Waals surface area (Å²) in [5.41, 5.74) is 0.407. The van der Waals surface area contributed by atoms with Crippen molar-refractivity contribution < 1.29 is 27.4 Å². The minimum atomic E-state index is -4.93. The monoisotopic (exact) mass is 612 g/mol. The molecule has 3 aromatic rings. The standard InChI is InChI=1S/C28H32ClF3N4O4S/c1-5-41-23-7-6-20(29)12-18(23)16-36-17-33-24-19(13-21(39-28(30,31)32)14-22(24)25(36)37)15-34-8-10-35(11-9-34)26(38)40-27(2,3)4/h6-7,12-14,17H,5,8-11,15-16H2,1-4H3. The summed E-state index contributed by atoms with van der Waals surface area (Å²) >= 11 is 7.80. The number of nitrogens with zero attached hydrogens (tertiary/aromatic N) is 4. The second-order valence-corrected chi connectivity index (χ2v) is 12.4. The third kappa shape index (κ3) is 8.30. The molecule has 1 amide bonds.